The molecule has 0 rings (SSSR count). The normalized spacial score (nSPS) is 7.40. The van der Waals surface area contributed by atoms with Crippen molar-refractivity contribution in [3.63, 3.8) is 0 Å². The first-order chi connectivity index (χ1) is 4.56. The van der Waals surface area contributed by atoms with Crippen LogP contribution < -0.4 is 0 Å². The summed E-state index contributed by atoms with van der Waals surface area (Å²) in [7, 11) is 3.72. The van der Waals surface area contributed by atoms with E-state index in [2.05, 4.69) is 8.23 Å². The van der Waals surface area contributed by atoms with Crippen molar-refractivity contribution in [3.05, 3.63) is 0 Å². The molecular formula is H14O5Si4Ti. The molecule has 0 aromatic carbocycles. The van der Waals surface area contributed by atoms with Gasteiger partial charge in [-0.1, -0.05) is 0 Å². The standard InChI is InChI=1S/2H6OSi2.2H2O.O.Ti/c2*2-1-3;;;;/h2*2-3H3;2*1H2;;/q;;;;;+2/p-2. The molecule has 0 saturated carbocycles. The fraction of sp³-hybridized carbons (Fsp3) is 0. The fourth-order valence-corrected chi connectivity index (χ4v) is 0. The van der Waals surface area contributed by atoms with Gasteiger partial charge in [0.05, 0.1) is 0 Å². The predicted molar refractivity (Wildman–Crippen MR) is 47.1 cm³/mol. The molecule has 10 heavy (non-hydrogen) atoms. The van der Waals surface area contributed by atoms with Gasteiger partial charge >= 0.3 is 29.3 Å². The molecular weight excluding hydrogens is 240 g/mol. The third-order valence-electron chi connectivity index (χ3n) is 0. The van der Waals surface area contributed by atoms with E-state index in [1.165, 1.54) is 0 Å². The second-order valence-electron chi connectivity index (χ2n) is 1.10. The first kappa shape index (κ1) is 17.3. The Bertz CT molecular complexity index is 51.6. The molecule has 0 radical (unpaired) electrons. The Labute approximate surface area is 79.4 Å². The van der Waals surface area contributed by atoms with E-state index >= 15 is 0 Å². The van der Waals surface area contributed by atoms with Gasteiger partial charge in [0.2, 0.25) is 0 Å². The summed E-state index contributed by atoms with van der Waals surface area (Å²) < 4.78 is 32.3. The summed E-state index contributed by atoms with van der Waals surface area (Å²) in [5.74, 6) is 0. The molecule has 2 N–H and O–H groups in total. The number of hydrogen-bond donors (Lipinski definition) is 2. The van der Waals surface area contributed by atoms with Gasteiger partial charge in [-0.05, 0) is 0 Å². The monoisotopic (exact) mass is 254 g/mol. The Morgan fingerprint density at radius 2 is 1.00 bits per heavy atom. The molecule has 0 bridgehead atoms. The molecule has 0 aliphatic heterocycles. The van der Waals surface area contributed by atoms with Crippen LogP contribution in [-0.2, 0) is 30.2 Å². The van der Waals surface area contributed by atoms with Gasteiger partial charge < -0.3 is 8.23 Å². The van der Waals surface area contributed by atoms with Gasteiger partial charge in [-0.15, -0.1) is 0 Å². The van der Waals surface area contributed by atoms with E-state index in [0.29, 0.717) is 0 Å². The van der Waals surface area contributed by atoms with Gasteiger partial charge in [0.1, 0.15) is 41.9 Å². The Hall–Kier alpha value is 1.22. The van der Waals surface area contributed by atoms with E-state index in [-0.39, 0.29) is 0 Å². The Morgan fingerprint density at radius 3 is 1.00 bits per heavy atom. The molecule has 0 aromatic heterocycles. The first-order valence-corrected chi connectivity index (χ1v) is 7.58. The molecule has 0 fully saturated rings. The zero-order valence-corrected chi connectivity index (χ0v) is 16.2. The van der Waals surface area contributed by atoms with E-state index < -0.39 is 18.6 Å². The minimum absolute atomic E-state index is 0.931. The fourth-order valence-electron chi connectivity index (χ4n) is 0. The van der Waals surface area contributed by atoms with E-state index in [9.17, 15) is 0 Å². The molecule has 10 heteroatoms. The quantitative estimate of drug-likeness (QED) is 0.421. The molecule has 64 valence electrons. The van der Waals surface area contributed by atoms with Gasteiger partial charge in [0.15, 0.2) is 0 Å². The van der Waals surface area contributed by atoms with Crippen LogP contribution in [0.4, 0.5) is 0 Å². The SMILES string of the molecule is [O]=[Ti]([OH])[OH].[SiH3]O[SiH3].[SiH3]O[SiH3]. The molecule has 0 unspecified atom stereocenters. The topological polar surface area (TPSA) is 76.0 Å². The summed E-state index contributed by atoms with van der Waals surface area (Å²) in [6.07, 6.45) is 0. The maximum absolute atomic E-state index is 8.81. The van der Waals surface area contributed by atoms with Crippen LogP contribution in [-0.4, -0.2) is 49.3 Å². The van der Waals surface area contributed by atoms with E-state index in [1.54, 1.807) is 0 Å². The zero-order valence-electron chi connectivity index (χ0n) is 6.62. The summed E-state index contributed by atoms with van der Waals surface area (Å²) in [5, 5.41) is 0. The van der Waals surface area contributed by atoms with Gasteiger partial charge in [-0.2, -0.15) is 0 Å². The van der Waals surface area contributed by atoms with Crippen LogP contribution in [0.5, 0.6) is 0 Å². The van der Waals surface area contributed by atoms with Crippen molar-refractivity contribution in [2.45, 2.75) is 0 Å². The van der Waals surface area contributed by atoms with Crippen molar-refractivity contribution in [2.75, 3.05) is 0 Å². The van der Waals surface area contributed by atoms with Crippen molar-refractivity contribution >= 4 is 41.9 Å². The van der Waals surface area contributed by atoms with E-state index in [0.717, 1.165) is 41.9 Å². The average molecular weight is 254 g/mol. The van der Waals surface area contributed by atoms with Crippen LogP contribution in [0.2, 0.25) is 0 Å². The molecule has 5 nitrogen and oxygen atoms in total. The van der Waals surface area contributed by atoms with Crippen molar-refractivity contribution in [1.82, 2.24) is 0 Å². The smallest absolute Gasteiger partial charge is 0.129 e. The second kappa shape index (κ2) is 22.5. The van der Waals surface area contributed by atoms with Gasteiger partial charge in [-0.3, -0.25) is 0 Å². The Balaban J connectivity index is -0.0000000750. The Kier molecular flexibility index (Phi) is 39.0. The molecule has 0 aliphatic rings. The second-order valence-corrected chi connectivity index (χ2v) is 8.51. The van der Waals surface area contributed by atoms with Crippen molar-refractivity contribution in [3.8, 4) is 0 Å². The molecule has 0 heterocycles. The minimum Gasteiger partial charge on any atom is -0.471 e. The maximum Gasteiger partial charge on any atom is 0.129 e. The summed E-state index contributed by atoms with van der Waals surface area (Å²) in [6, 6.07) is 0. The summed E-state index contributed by atoms with van der Waals surface area (Å²) >= 11 is -3.58. The van der Waals surface area contributed by atoms with Crippen molar-refractivity contribution < 1.29 is 37.5 Å². The van der Waals surface area contributed by atoms with Crippen LogP contribution in [0.25, 0.3) is 0 Å². The van der Waals surface area contributed by atoms with Crippen LogP contribution in [0, 0.1) is 0 Å². The van der Waals surface area contributed by atoms with Crippen LogP contribution in [0.15, 0.2) is 0 Å². The van der Waals surface area contributed by atoms with Gasteiger partial charge in [0.25, 0.3) is 0 Å². The van der Waals surface area contributed by atoms with Gasteiger partial charge in [0, 0.05) is 0 Å². The number of rotatable bonds is 0. The van der Waals surface area contributed by atoms with Crippen molar-refractivity contribution in [2.24, 2.45) is 0 Å². The van der Waals surface area contributed by atoms with Crippen molar-refractivity contribution in [1.29, 1.82) is 0 Å². The molecule has 0 saturated heterocycles. The molecule has 0 aromatic rings. The third-order valence-corrected chi connectivity index (χ3v) is 0. The summed E-state index contributed by atoms with van der Waals surface area (Å²) in [5.41, 5.74) is 0. The average Bonchev–Trinajstić information content (AvgIpc) is 1.65. The minimum atomic E-state index is -3.58. The summed E-state index contributed by atoms with van der Waals surface area (Å²) in [6.45, 7) is 0. The largest absolute Gasteiger partial charge is 0.471 e. The Morgan fingerprint density at radius 1 is 1.00 bits per heavy atom. The molecule has 0 spiro atoms. The van der Waals surface area contributed by atoms with Gasteiger partial charge in [-0.25, -0.2) is 0 Å². The zero-order chi connectivity index (χ0) is 8.99. The van der Waals surface area contributed by atoms with E-state index in [4.69, 9.17) is 10.7 Å². The van der Waals surface area contributed by atoms with E-state index in [1.807, 2.05) is 0 Å². The third kappa shape index (κ3) is 418. The summed E-state index contributed by atoms with van der Waals surface area (Å²) in [4.78, 5) is 0. The first-order valence-electron chi connectivity index (χ1n) is 2.28. The van der Waals surface area contributed by atoms with Crippen LogP contribution >= 0.6 is 0 Å². The predicted octanol–water partition coefficient (Wildman–Crippen LogP) is -6.11. The van der Waals surface area contributed by atoms with Crippen LogP contribution in [0.3, 0.4) is 0 Å². The molecule has 0 atom stereocenters. The molecule has 0 aliphatic carbocycles. The molecule has 0 amide bonds. The number of hydrogen-bond acceptors (Lipinski definition) is 3. The van der Waals surface area contributed by atoms with Crippen LogP contribution in [0.1, 0.15) is 0 Å². The maximum atomic E-state index is 8.81.